The summed E-state index contributed by atoms with van der Waals surface area (Å²) in [4.78, 5) is 24.9. The molecule has 9 atom stereocenters. The van der Waals surface area contributed by atoms with E-state index in [2.05, 4.69) is 26.7 Å². The predicted molar refractivity (Wildman–Crippen MR) is 147 cm³/mol. The van der Waals surface area contributed by atoms with E-state index in [1.807, 2.05) is 30.3 Å². The van der Waals surface area contributed by atoms with Gasteiger partial charge in [-0.05, 0) is 116 Å². The summed E-state index contributed by atoms with van der Waals surface area (Å²) >= 11 is 0. The molecule has 0 saturated heterocycles. The second-order valence-corrected chi connectivity index (χ2v) is 13.5. The number of ketones is 1. The molecule has 4 unspecified atom stereocenters. The molecule has 0 aromatic heterocycles. The lowest BCUT2D eigenvalue weighted by atomic mass is 9.44. The van der Waals surface area contributed by atoms with Crippen LogP contribution in [0.25, 0.3) is 0 Å². The van der Waals surface area contributed by atoms with Crippen molar-refractivity contribution in [1.29, 1.82) is 0 Å². The normalized spacial score (nSPS) is 39.4. The Hall–Kier alpha value is -2.08. The van der Waals surface area contributed by atoms with Gasteiger partial charge in [0.2, 0.25) is 5.78 Å². The highest BCUT2D eigenvalue weighted by atomic mass is 16.5. The van der Waals surface area contributed by atoms with Crippen molar-refractivity contribution in [2.45, 2.75) is 98.0 Å². The van der Waals surface area contributed by atoms with Gasteiger partial charge in [0.05, 0.1) is 0 Å². The van der Waals surface area contributed by atoms with Crippen LogP contribution in [0.5, 0.6) is 0 Å². The third kappa shape index (κ3) is 4.91. The zero-order valence-corrected chi connectivity index (χ0v) is 23.2. The van der Waals surface area contributed by atoms with Crippen molar-refractivity contribution in [3.63, 3.8) is 0 Å². The summed E-state index contributed by atoms with van der Waals surface area (Å²) in [6, 6.07) is 9.55. The number of carbonyl (C=O) groups excluding carboxylic acids is 2. The SMILES string of the molecule is C#C[C@@H]1CC[C@@]2(C)C(CCC3C2CC[C@@]2(C)C3CC[C@@H]2[C@H](C)CCC(=O)C(=O)OCc2ccccc2)C1. The largest absolute Gasteiger partial charge is 0.455 e. The predicted octanol–water partition coefficient (Wildman–Crippen LogP) is 7.62. The zero-order chi connectivity index (χ0) is 26.2. The van der Waals surface area contributed by atoms with Crippen molar-refractivity contribution < 1.29 is 14.3 Å². The Kier molecular flexibility index (Phi) is 7.59. The molecule has 4 aliphatic carbocycles. The van der Waals surface area contributed by atoms with Gasteiger partial charge in [0.1, 0.15) is 6.61 Å². The van der Waals surface area contributed by atoms with Gasteiger partial charge in [0, 0.05) is 12.3 Å². The summed E-state index contributed by atoms with van der Waals surface area (Å²) in [6.45, 7) is 7.67. The van der Waals surface area contributed by atoms with E-state index < -0.39 is 5.97 Å². The van der Waals surface area contributed by atoms with Crippen LogP contribution >= 0.6 is 0 Å². The summed E-state index contributed by atoms with van der Waals surface area (Å²) in [5.41, 5.74) is 1.76. The van der Waals surface area contributed by atoms with E-state index in [1.54, 1.807) is 0 Å². The van der Waals surface area contributed by atoms with Crippen molar-refractivity contribution in [1.82, 2.24) is 0 Å². The van der Waals surface area contributed by atoms with Gasteiger partial charge in [-0.3, -0.25) is 4.79 Å². The van der Waals surface area contributed by atoms with E-state index in [9.17, 15) is 9.59 Å². The molecule has 0 bridgehead atoms. The highest BCUT2D eigenvalue weighted by molar-refractivity contribution is 6.33. The van der Waals surface area contributed by atoms with E-state index in [0.29, 0.717) is 35.0 Å². The highest BCUT2D eigenvalue weighted by Gasteiger charge is 2.60. The monoisotopic (exact) mass is 502 g/mol. The molecule has 4 fully saturated rings. The van der Waals surface area contributed by atoms with Gasteiger partial charge in [0.25, 0.3) is 0 Å². The van der Waals surface area contributed by atoms with Crippen molar-refractivity contribution in [3.05, 3.63) is 35.9 Å². The molecule has 0 heterocycles. The number of fused-ring (bicyclic) bond motifs is 5. The maximum absolute atomic E-state index is 12.6. The minimum absolute atomic E-state index is 0.162. The number of esters is 1. The molecule has 1 aromatic carbocycles. The van der Waals surface area contributed by atoms with Crippen LogP contribution in [0.3, 0.4) is 0 Å². The molecule has 3 nitrogen and oxygen atoms in total. The Morgan fingerprint density at radius 2 is 1.73 bits per heavy atom. The van der Waals surface area contributed by atoms with Gasteiger partial charge in [-0.2, -0.15) is 0 Å². The van der Waals surface area contributed by atoms with Crippen LogP contribution in [0.2, 0.25) is 0 Å². The Bertz CT molecular complexity index is 1020. The highest BCUT2D eigenvalue weighted by Crippen LogP contribution is 2.68. The summed E-state index contributed by atoms with van der Waals surface area (Å²) < 4.78 is 5.28. The molecule has 200 valence electrons. The van der Waals surface area contributed by atoms with Gasteiger partial charge in [-0.25, -0.2) is 4.79 Å². The number of Topliss-reactive ketones (excluding diaryl/α,β-unsaturated/α-hetero) is 1. The third-order valence-electron chi connectivity index (χ3n) is 11.9. The number of rotatable bonds is 7. The number of carbonyl (C=O) groups is 2. The molecule has 3 heteroatoms. The van der Waals surface area contributed by atoms with Crippen molar-refractivity contribution in [3.8, 4) is 12.3 Å². The Morgan fingerprint density at radius 3 is 2.49 bits per heavy atom. The average molecular weight is 503 g/mol. The van der Waals surface area contributed by atoms with Crippen molar-refractivity contribution in [2.75, 3.05) is 0 Å². The lowest BCUT2D eigenvalue weighted by molar-refractivity contribution is -0.155. The molecule has 5 rings (SSSR count). The van der Waals surface area contributed by atoms with E-state index >= 15 is 0 Å². The fraction of sp³-hybridized carbons (Fsp3) is 0.706. The van der Waals surface area contributed by atoms with E-state index in [4.69, 9.17) is 11.2 Å². The summed E-state index contributed by atoms with van der Waals surface area (Å²) in [7, 11) is 0. The third-order valence-corrected chi connectivity index (χ3v) is 11.9. The van der Waals surface area contributed by atoms with Crippen LogP contribution in [0.15, 0.2) is 30.3 Å². The first-order valence-corrected chi connectivity index (χ1v) is 15.0. The topological polar surface area (TPSA) is 43.4 Å². The van der Waals surface area contributed by atoms with Crippen LogP contribution in [-0.2, 0) is 20.9 Å². The van der Waals surface area contributed by atoms with Gasteiger partial charge in [0.15, 0.2) is 0 Å². The molecule has 0 radical (unpaired) electrons. The second-order valence-electron chi connectivity index (χ2n) is 13.5. The molecule has 4 aliphatic rings. The minimum atomic E-state index is -0.684. The van der Waals surface area contributed by atoms with Gasteiger partial charge < -0.3 is 4.74 Å². The van der Waals surface area contributed by atoms with Gasteiger partial charge in [-0.15, -0.1) is 12.3 Å². The molecule has 1 aromatic rings. The van der Waals surface area contributed by atoms with Gasteiger partial charge >= 0.3 is 5.97 Å². The first-order chi connectivity index (χ1) is 17.8. The average Bonchev–Trinajstić information content (AvgIpc) is 3.27. The summed E-state index contributed by atoms with van der Waals surface area (Å²) in [5, 5.41) is 0. The first-order valence-electron chi connectivity index (χ1n) is 15.0. The molecular formula is C34H46O3. The second kappa shape index (κ2) is 10.6. The summed E-state index contributed by atoms with van der Waals surface area (Å²) in [5.74, 6) is 6.96. The molecule has 0 amide bonds. The molecule has 0 N–H and O–H groups in total. The maximum atomic E-state index is 12.6. The molecular weight excluding hydrogens is 456 g/mol. The fourth-order valence-corrected chi connectivity index (χ4v) is 9.85. The molecule has 0 spiro atoms. The Balaban J connectivity index is 1.17. The van der Waals surface area contributed by atoms with Crippen molar-refractivity contribution >= 4 is 11.8 Å². The minimum Gasteiger partial charge on any atom is -0.455 e. The number of hydrogen-bond donors (Lipinski definition) is 0. The molecule has 4 saturated carbocycles. The quantitative estimate of drug-likeness (QED) is 0.219. The van der Waals surface area contributed by atoms with Crippen LogP contribution in [-0.4, -0.2) is 11.8 Å². The van der Waals surface area contributed by atoms with Crippen LogP contribution in [0.1, 0.15) is 97.0 Å². The molecule has 0 aliphatic heterocycles. The van der Waals surface area contributed by atoms with Crippen LogP contribution < -0.4 is 0 Å². The lowest BCUT2D eigenvalue weighted by Gasteiger charge is -2.61. The maximum Gasteiger partial charge on any atom is 0.374 e. The van der Waals surface area contributed by atoms with Crippen molar-refractivity contribution in [2.24, 2.45) is 52.3 Å². The van der Waals surface area contributed by atoms with Crippen LogP contribution in [0.4, 0.5) is 0 Å². The van der Waals surface area contributed by atoms with E-state index in [1.165, 1.54) is 57.8 Å². The zero-order valence-electron chi connectivity index (χ0n) is 23.2. The first kappa shape index (κ1) is 26.5. The lowest BCUT2D eigenvalue weighted by Crippen LogP contribution is -2.53. The Morgan fingerprint density at radius 1 is 1.00 bits per heavy atom. The van der Waals surface area contributed by atoms with Crippen LogP contribution in [0, 0.1) is 64.6 Å². The number of benzene rings is 1. The molecule has 37 heavy (non-hydrogen) atoms. The smallest absolute Gasteiger partial charge is 0.374 e. The number of ether oxygens (including phenoxy) is 1. The Labute approximate surface area is 224 Å². The van der Waals surface area contributed by atoms with Gasteiger partial charge in [-0.1, -0.05) is 51.1 Å². The fourth-order valence-electron chi connectivity index (χ4n) is 9.85. The number of hydrogen-bond acceptors (Lipinski definition) is 3. The standard InChI is InChI=1S/C34H46O3/c1-5-24-17-19-33(3)26(21-24)12-13-27-29-15-14-28(34(29,4)20-18-30(27)33)23(2)11-16-31(35)32(36)37-22-25-9-7-6-8-10-25/h1,6-10,23-24,26-30H,11-22H2,2-4H3/t23-,24-,26?,27?,28-,29?,30?,33+,34-/m1/s1. The summed E-state index contributed by atoms with van der Waals surface area (Å²) in [6.07, 6.45) is 18.8. The number of terminal acetylenes is 1. The van der Waals surface area contributed by atoms with E-state index in [0.717, 1.165) is 35.7 Å². The van der Waals surface area contributed by atoms with E-state index in [-0.39, 0.29) is 12.4 Å².